The highest BCUT2D eigenvalue weighted by molar-refractivity contribution is 5.85. The number of H-pyrrole nitrogens is 1. The van der Waals surface area contributed by atoms with E-state index in [0.29, 0.717) is 22.5 Å². The van der Waals surface area contributed by atoms with E-state index >= 15 is 0 Å². The number of benzene rings is 2. The van der Waals surface area contributed by atoms with Gasteiger partial charge >= 0.3 is 0 Å². The number of aryl methyl sites for hydroxylation is 1. The predicted molar refractivity (Wildman–Crippen MR) is 114 cm³/mol. The first-order chi connectivity index (χ1) is 14.0. The van der Waals surface area contributed by atoms with Crippen LogP contribution in [0.1, 0.15) is 5.56 Å². The average molecular weight is 385 g/mol. The summed E-state index contributed by atoms with van der Waals surface area (Å²) in [6.07, 6.45) is 0. The van der Waals surface area contributed by atoms with E-state index < -0.39 is 0 Å². The molecule has 2 aliphatic rings. The quantitative estimate of drug-likeness (QED) is 0.414. The summed E-state index contributed by atoms with van der Waals surface area (Å²) >= 11 is 0. The number of nitrogens with zero attached hydrogens (tertiary/aromatic N) is 1. The molecule has 0 amide bonds. The summed E-state index contributed by atoms with van der Waals surface area (Å²) in [5, 5.41) is 10.8. The summed E-state index contributed by atoms with van der Waals surface area (Å²) in [7, 11) is 0. The maximum atomic E-state index is 13.4. The van der Waals surface area contributed by atoms with Crippen LogP contribution in [-0.2, 0) is 0 Å². The molecule has 29 heavy (non-hydrogen) atoms. The molecule has 144 valence electrons. The number of fused-ring (bicyclic) bond motifs is 1. The van der Waals surface area contributed by atoms with Crippen LogP contribution in [0.4, 0.5) is 10.3 Å². The first-order valence-corrected chi connectivity index (χ1v) is 9.20. The molecule has 1 aliphatic heterocycles. The zero-order valence-corrected chi connectivity index (χ0v) is 15.9. The first-order valence-electron chi connectivity index (χ1n) is 9.20. The van der Waals surface area contributed by atoms with Gasteiger partial charge in [0.05, 0.1) is 17.0 Å². The van der Waals surface area contributed by atoms with E-state index in [0.717, 1.165) is 16.7 Å². The van der Waals surface area contributed by atoms with E-state index in [1.165, 1.54) is 12.1 Å². The lowest BCUT2D eigenvalue weighted by Gasteiger charge is -2.13. The van der Waals surface area contributed by atoms with Gasteiger partial charge in [0.1, 0.15) is 11.6 Å². The second-order valence-electron chi connectivity index (χ2n) is 6.84. The van der Waals surface area contributed by atoms with Gasteiger partial charge < -0.3 is 15.8 Å². The lowest BCUT2D eigenvalue weighted by Crippen LogP contribution is -2.01. The van der Waals surface area contributed by atoms with Crippen LogP contribution in [-0.4, -0.2) is 15.1 Å². The Labute approximate surface area is 168 Å². The summed E-state index contributed by atoms with van der Waals surface area (Å²) in [6, 6.07) is 23.2. The van der Waals surface area contributed by atoms with Crippen LogP contribution in [0.25, 0.3) is 33.6 Å². The number of nitrogens with two attached hydrogens (primary N) is 1. The molecule has 0 radical (unpaired) electrons. The summed E-state index contributed by atoms with van der Waals surface area (Å²) in [4.78, 5) is 7.44. The maximum Gasteiger partial charge on any atom is 0.198 e. The number of nitrogens with one attached hydrogen (secondary N) is 1. The van der Waals surface area contributed by atoms with E-state index in [1.807, 2.05) is 43.3 Å². The summed E-state index contributed by atoms with van der Waals surface area (Å²) in [5.41, 5.74) is 11.4. The summed E-state index contributed by atoms with van der Waals surface area (Å²) in [5.74, 6) is -0.111. The largest absolute Gasteiger partial charge is 0.507 e. The molecular formula is C24H20FN3O. The van der Waals surface area contributed by atoms with E-state index in [-0.39, 0.29) is 17.5 Å². The summed E-state index contributed by atoms with van der Waals surface area (Å²) in [6.45, 7) is 2.04. The zero-order valence-electron chi connectivity index (χ0n) is 15.9. The minimum atomic E-state index is -0.345. The van der Waals surface area contributed by atoms with Gasteiger partial charge in [0.25, 0.3) is 0 Å². The number of nitrogen functional groups attached to an aromatic ring is 1. The Hall–Kier alpha value is -3.86. The van der Waals surface area contributed by atoms with Gasteiger partial charge in [0, 0.05) is 5.56 Å². The van der Waals surface area contributed by atoms with Gasteiger partial charge in [0.2, 0.25) is 0 Å². The van der Waals surface area contributed by atoms with Crippen molar-refractivity contribution in [3.05, 3.63) is 90.2 Å². The fourth-order valence-electron chi connectivity index (χ4n) is 3.31. The minimum absolute atomic E-state index is 0.0365. The van der Waals surface area contributed by atoms with Crippen LogP contribution in [0, 0.1) is 12.7 Å². The highest BCUT2D eigenvalue weighted by atomic mass is 19.1. The number of rotatable bonds is 2. The van der Waals surface area contributed by atoms with Crippen LogP contribution >= 0.6 is 0 Å². The molecule has 5 heteroatoms. The van der Waals surface area contributed by atoms with Crippen LogP contribution < -0.4 is 5.73 Å². The molecule has 0 fully saturated rings. The molecule has 0 aromatic heterocycles. The van der Waals surface area contributed by atoms with Gasteiger partial charge in [-0.2, -0.15) is 0 Å². The first kappa shape index (κ1) is 18.5. The average Bonchev–Trinajstić information content (AvgIpc) is 2.77. The molecule has 1 heterocycles. The fraction of sp³-hybridized carbons (Fsp3) is 0.0417. The molecule has 2 aromatic rings. The van der Waals surface area contributed by atoms with Crippen molar-refractivity contribution in [1.29, 1.82) is 0 Å². The number of aromatic hydroxyl groups is 1. The number of hydrogen-bond acceptors (Lipinski definition) is 3. The van der Waals surface area contributed by atoms with Crippen LogP contribution in [0.3, 0.4) is 0 Å². The Balaban J connectivity index is 2.03. The van der Waals surface area contributed by atoms with Crippen molar-refractivity contribution in [2.45, 2.75) is 6.92 Å². The van der Waals surface area contributed by atoms with Gasteiger partial charge in [-0.3, -0.25) is 0 Å². The van der Waals surface area contributed by atoms with Crippen molar-refractivity contribution in [2.24, 2.45) is 0 Å². The molecule has 2 aromatic carbocycles. The number of aromatic amines is 1. The summed E-state index contributed by atoms with van der Waals surface area (Å²) < 4.78 is 13.4. The van der Waals surface area contributed by atoms with Crippen molar-refractivity contribution in [3.63, 3.8) is 0 Å². The Bertz CT molecular complexity index is 1200. The second kappa shape index (κ2) is 7.64. The lowest BCUT2D eigenvalue weighted by molar-refractivity contribution is 0.477. The van der Waals surface area contributed by atoms with E-state index in [4.69, 9.17) is 5.73 Å². The Kier molecular flexibility index (Phi) is 4.87. The predicted octanol–water partition coefficient (Wildman–Crippen LogP) is 5.71. The molecule has 1 aliphatic carbocycles. The topological polar surface area (TPSA) is 74.9 Å². The number of anilines is 1. The molecule has 0 unspecified atom stereocenters. The van der Waals surface area contributed by atoms with E-state index in [9.17, 15) is 9.50 Å². The van der Waals surface area contributed by atoms with Crippen molar-refractivity contribution < 1.29 is 9.50 Å². The molecule has 0 bridgehead atoms. The van der Waals surface area contributed by atoms with Crippen LogP contribution in [0.5, 0.6) is 5.75 Å². The van der Waals surface area contributed by atoms with Crippen LogP contribution in [0.2, 0.25) is 0 Å². The SMILES string of the molecule is Cc1cccc(-c2ccccc(O)c3c(-c4ccc(F)cc4)nc(N)[nH]c-3c2)c1. The number of halogens is 1. The molecular weight excluding hydrogens is 365 g/mol. The monoisotopic (exact) mass is 385 g/mol. The van der Waals surface area contributed by atoms with E-state index in [1.54, 1.807) is 24.3 Å². The van der Waals surface area contributed by atoms with Crippen molar-refractivity contribution in [2.75, 3.05) is 5.73 Å². The van der Waals surface area contributed by atoms with E-state index in [2.05, 4.69) is 16.0 Å². The molecule has 0 saturated heterocycles. The standard InChI is InChI=1S/C24H20FN3O/c1-15-5-4-7-17(13-15)18-6-2-3-8-21(29)22-20(14-18)27-24(26)28-23(22)16-9-11-19(25)12-10-16/h2-14,29H,1H3,(H3,26,27,28). The molecule has 0 spiro atoms. The van der Waals surface area contributed by atoms with Gasteiger partial charge in [-0.15, -0.1) is 0 Å². The third-order valence-electron chi connectivity index (χ3n) is 4.67. The molecule has 4 N–H and O–H groups in total. The molecule has 0 atom stereocenters. The molecule has 4 rings (SSSR count). The second-order valence-corrected chi connectivity index (χ2v) is 6.84. The highest BCUT2D eigenvalue weighted by Gasteiger charge is 2.16. The molecule has 4 nitrogen and oxygen atoms in total. The van der Waals surface area contributed by atoms with Gasteiger partial charge in [-0.25, -0.2) is 9.37 Å². The Morgan fingerprint density at radius 3 is 2.31 bits per heavy atom. The number of aromatic nitrogens is 2. The van der Waals surface area contributed by atoms with Gasteiger partial charge in [-0.1, -0.05) is 48.0 Å². The Morgan fingerprint density at radius 2 is 1.55 bits per heavy atom. The normalized spacial score (nSPS) is 10.7. The third kappa shape index (κ3) is 3.89. The van der Waals surface area contributed by atoms with Gasteiger partial charge in [-0.05, 0) is 54.4 Å². The van der Waals surface area contributed by atoms with Crippen molar-refractivity contribution >= 4 is 5.95 Å². The van der Waals surface area contributed by atoms with Gasteiger partial charge in [0.15, 0.2) is 5.95 Å². The zero-order chi connectivity index (χ0) is 20.4. The van der Waals surface area contributed by atoms with Crippen molar-refractivity contribution in [1.82, 2.24) is 9.97 Å². The highest BCUT2D eigenvalue weighted by Crippen LogP contribution is 2.38. The Morgan fingerprint density at radius 1 is 0.862 bits per heavy atom. The van der Waals surface area contributed by atoms with Crippen LogP contribution in [0.15, 0.2) is 78.9 Å². The minimum Gasteiger partial charge on any atom is -0.507 e. The molecule has 0 saturated carbocycles. The lowest BCUT2D eigenvalue weighted by atomic mass is 10.00. The van der Waals surface area contributed by atoms with Crippen molar-refractivity contribution in [3.8, 4) is 39.4 Å². The maximum absolute atomic E-state index is 13.4. The number of hydrogen-bond donors (Lipinski definition) is 3. The third-order valence-corrected chi connectivity index (χ3v) is 4.67. The smallest absolute Gasteiger partial charge is 0.198 e. The fourth-order valence-corrected chi connectivity index (χ4v) is 3.31.